The van der Waals surface area contributed by atoms with Gasteiger partial charge >= 0.3 is 208 Å². The van der Waals surface area contributed by atoms with Crippen molar-refractivity contribution in [1.82, 2.24) is 14.5 Å². The molecule has 35 heavy (non-hydrogen) atoms. The summed E-state index contributed by atoms with van der Waals surface area (Å²) in [5.41, 5.74) is 8.95. The molecule has 10 nitrogen and oxygen atoms in total. The minimum atomic E-state index is -0.666. The van der Waals surface area contributed by atoms with Gasteiger partial charge in [-0.05, 0) is 0 Å². The number of carbonyl (C=O) groups excluding carboxylic acids is 1. The molecule has 1 radical (unpaired) electrons. The summed E-state index contributed by atoms with van der Waals surface area (Å²) in [6.45, 7) is 2.51. The van der Waals surface area contributed by atoms with Gasteiger partial charge in [0.25, 0.3) is 0 Å². The molecule has 2 aromatic heterocycles. The number of ether oxygens (including phenoxy) is 2. The molecule has 0 saturated heterocycles. The number of carbonyl (C=O) groups is 1. The van der Waals surface area contributed by atoms with Crippen molar-refractivity contribution in [3.63, 3.8) is 0 Å². The Labute approximate surface area is 207 Å². The Morgan fingerprint density at radius 3 is 2.57 bits per heavy atom. The molecule has 2 N–H and O–H groups in total. The summed E-state index contributed by atoms with van der Waals surface area (Å²) < 4.78 is 14.5. The fourth-order valence-electron chi connectivity index (χ4n) is 3.93. The van der Waals surface area contributed by atoms with Crippen molar-refractivity contribution in [1.29, 1.82) is 0 Å². The van der Waals surface area contributed by atoms with Crippen molar-refractivity contribution in [2.45, 2.75) is 19.9 Å². The number of amides is 1. The zero-order chi connectivity index (χ0) is 25.1. The first kappa shape index (κ1) is 24.2. The number of hydrogen-bond donors (Lipinski definition) is 1. The number of methoxy groups -OCH3 is 2. The molecule has 0 bridgehead atoms. The van der Waals surface area contributed by atoms with Gasteiger partial charge in [0.05, 0.1) is 0 Å². The monoisotopic (exact) mass is 536 g/mol. The van der Waals surface area contributed by atoms with Gasteiger partial charge in [-0.1, -0.05) is 0 Å². The molecule has 0 spiro atoms. The Morgan fingerprint density at radius 2 is 1.94 bits per heavy atom. The summed E-state index contributed by atoms with van der Waals surface area (Å²) in [6.07, 6.45) is 5.14. The molecule has 2 aromatic carbocycles. The Balaban J connectivity index is 1.81. The number of nitro groups is 1. The quantitative estimate of drug-likeness (QED) is 0.196. The van der Waals surface area contributed by atoms with Gasteiger partial charge in [-0.2, -0.15) is 0 Å². The van der Waals surface area contributed by atoms with Crippen LogP contribution in [0.15, 0.2) is 49.1 Å². The first-order chi connectivity index (χ1) is 16.9. The van der Waals surface area contributed by atoms with E-state index < -0.39 is 26.6 Å². The van der Waals surface area contributed by atoms with Gasteiger partial charge in [0.1, 0.15) is 0 Å². The number of rotatable bonds is 9. The fourth-order valence-corrected chi connectivity index (χ4v) is 6.93. The van der Waals surface area contributed by atoms with Gasteiger partial charge < -0.3 is 0 Å². The zero-order valence-electron chi connectivity index (χ0n) is 19.4. The zero-order valence-corrected chi connectivity index (χ0v) is 21.3. The van der Waals surface area contributed by atoms with Gasteiger partial charge in [0.15, 0.2) is 0 Å². The number of pyridine rings is 1. The van der Waals surface area contributed by atoms with Crippen LogP contribution in [0.5, 0.6) is 11.5 Å². The summed E-state index contributed by atoms with van der Waals surface area (Å²) in [4.78, 5) is 31.1. The predicted molar refractivity (Wildman–Crippen MR) is 132 cm³/mol. The van der Waals surface area contributed by atoms with E-state index in [1.165, 1.54) is 18.7 Å². The minimum absolute atomic E-state index is 0.190. The summed E-state index contributed by atoms with van der Waals surface area (Å²) >= 11 is -0.666. The second-order valence-electron chi connectivity index (χ2n) is 7.65. The maximum absolute atomic E-state index is 12.3. The molecule has 4 aromatic rings. The number of nitrogens with two attached hydrogens (primary N) is 1. The molecule has 0 saturated carbocycles. The normalized spacial score (nSPS) is 11.3. The van der Waals surface area contributed by atoms with Gasteiger partial charge in [-0.15, -0.1) is 0 Å². The predicted octanol–water partition coefficient (Wildman–Crippen LogP) is 1.72. The molecule has 1 amide bonds. The Kier molecular flexibility index (Phi) is 7.02. The second kappa shape index (κ2) is 10.1. The topological polar surface area (TPSA) is 135 Å². The third-order valence-electron chi connectivity index (χ3n) is 5.60. The van der Waals surface area contributed by atoms with Crippen LogP contribution in [0, 0.1) is 10.1 Å². The number of aromatic nitrogens is 3. The van der Waals surface area contributed by atoms with Gasteiger partial charge in [0, 0.05) is 0 Å². The molecule has 179 valence electrons. The summed E-state index contributed by atoms with van der Waals surface area (Å²) in [6, 6.07) is 9.63. The van der Waals surface area contributed by atoms with E-state index in [0.717, 1.165) is 31.6 Å². The van der Waals surface area contributed by atoms with E-state index in [4.69, 9.17) is 15.2 Å². The van der Waals surface area contributed by atoms with Crippen LogP contribution in [0.2, 0.25) is 0 Å². The van der Waals surface area contributed by atoms with Crippen LogP contribution >= 0.6 is 0 Å². The van der Waals surface area contributed by atoms with Crippen molar-refractivity contribution >= 4 is 47.1 Å². The SMILES string of the molecule is CCc1c(Cn2cnc([N+](=O)[O-])c2)cccc1[As]c1c(C(N)=O)cnc2cc(OC)c(OC)cc12. The van der Waals surface area contributed by atoms with Crippen LogP contribution in [0.1, 0.15) is 28.4 Å². The van der Waals surface area contributed by atoms with Crippen LogP contribution in [-0.4, -0.2) is 55.3 Å². The van der Waals surface area contributed by atoms with Crippen LogP contribution in [0.4, 0.5) is 5.82 Å². The number of imidazole rings is 1. The number of fused-ring (bicyclic) bond motifs is 1. The first-order valence-corrected chi connectivity index (χ1v) is 12.6. The van der Waals surface area contributed by atoms with E-state index in [9.17, 15) is 14.9 Å². The third kappa shape index (κ3) is 4.83. The molecule has 0 aliphatic rings. The molecular weight excluding hydrogens is 513 g/mol. The van der Waals surface area contributed by atoms with E-state index in [0.29, 0.717) is 29.1 Å². The van der Waals surface area contributed by atoms with E-state index >= 15 is 0 Å². The van der Waals surface area contributed by atoms with E-state index in [1.54, 1.807) is 24.9 Å². The Morgan fingerprint density at radius 1 is 1.20 bits per heavy atom. The average Bonchev–Trinajstić information content (AvgIpc) is 3.32. The summed E-state index contributed by atoms with van der Waals surface area (Å²) in [7, 11) is 3.11. The van der Waals surface area contributed by atoms with Crippen LogP contribution in [0.25, 0.3) is 10.9 Å². The number of primary amides is 1. The number of benzene rings is 2. The van der Waals surface area contributed by atoms with Gasteiger partial charge in [0.2, 0.25) is 0 Å². The molecule has 0 aliphatic heterocycles. The van der Waals surface area contributed by atoms with Crippen molar-refractivity contribution in [2.75, 3.05) is 14.2 Å². The molecule has 11 heteroatoms. The van der Waals surface area contributed by atoms with E-state index in [1.807, 2.05) is 18.2 Å². The standard InChI is InChI=1S/C24H23AsN5O5/c1-4-15-14(11-29-12-22(28-13-29)30(32)33)6-5-7-18(15)25-23-16-8-20(34-2)21(35-3)9-19(16)27-10-17(23)24(26)31/h5-10,12-13H,4,11H2,1-3H3,(H2,26,31). The molecule has 2 heterocycles. The van der Waals surface area contributed by atoms with Gasteiger partial charge in [-0.3, -0.25) is 0 Å². The van der Waals surface area contributed by atoms with Crippen LogP contribution in [0.3, 0.4) is 0 Å². The molecule has 0 unspecified atom stereocenters. The molecule has 0 fully saturated rings. The summed E-state index contributed by atoms with van der Waals surface area (Å²) in [5.74, 6) is 0.355. The third-order valence-corrected chi connectivity index (χ3v) is 8.47. The Bertz CT molecular complexity index is 1440. The number of nitrogens with zero attached hydrogens (tertiary/aromatic N) is 4. The van der Waals surface area contributed by atoms with Crippen molar-refractivity contribution in [3.05, 3.63) is 75.9 Å². The fraction of sp³-hybridized carbons (Fsp3) is 0.208. The number of hydrogen-bond acceptors (Lipinski definition) is 7. The van der Waals surface area contributed by atoms with E-state index in [-0.39, 0.29) is 5.82 Å². The summed E-state index contributed by atoms with van der Waals surface area (Å²) in [5, 5.41) is 11.8. The van der Waals surface area contributed by atoms with Crippen LogP contribution < -0.4 is 23.9 Å². The van der Waals surface area contributed by atoms with Crippen molar-refractivity contribution < 1.29 is 19.2 Å². The van der Waals surface area contributed by atoms with Crippen LogP contribution in [-0.2, 0) is 13.0 Å². The molecule has 4 rings (SSSR count). The molecular formula is C24H23AsN5O5. The second-order valence-corrected chi connectivity index (χ2v) is 10.1. The van der Waals surface area contributed by atoms with Crippen molar-refractivity contribution in [2.24, 2.45) is 5.73 Å². The first-order valence-electron chi connectivity index (χ1n) is 10.7. The molecule has 0 aliphatic carbocycles. The van der Waals surface area contributed by atoms with Gasteiger partial charge in [-0.25, -0.2) is 0 Å². The maximum atomic E-state index is 12.3. The van der Waals surface area contributed by atoms with Crippen molar-refractivity contribution in [3.8, 4) is 11.5 Å². The molecule has 0 atom stereocenters. The van der Waals surface area contributed by atoms with E-state index in [2.05, 4.69) is 23.0 Å². The average molecular weight is 536 g/mol. The Hall–Kier alpha value is -3.91.